The van der Waals surface area contributed by atoms with Crippen LogP contribution in [0.2, 0.25) is 0 Å². The third kappa shape index (κ3) is 3.48. The molecule has 0 N–H and O–H groups in total. The van der Waals surface area contributed by atoms with E-state index >= 15 is 0 Å². The van der Waals surface area contributed by atoms with E-state index in [2.05, 4.69) is 25.7 Å². The van der Waals surface area contributed by atoms with Crippen molar-refractivity contribution < 1.29 is 0 Å². The fourth-order valence-electron chi connectivity index (χ4n) is 2.86. The smallest absolute Gasteiger partial charge is 0.0127 e. The van der Waals surface area contributed by atoms with Crippen LogP contribution in [0.1, 0.15) is 59.3 Å². The summed E-state index contributed by atoms with van der Waals surface area (Å²) >= 11 is 0. The van der Waals surface area contributed by atoms with E-state index < -0.39 is 0 Å². The largest absolute Gasteiger partial charge is 0.300 e. The van der Waals surface area contributed by atoms with Crippen LogP contribution in [0.25, 0.3) is 0 Å². The normalized spacial score (nSPS) is 33.0. The predicted molar refractivity (Wildman–Crippen MR) is 66.0 cm³/mol. The summed E-state index contributed by atoms with van der Waals surface area (Å²) in [6.45, 7) is 9.87. The summed E-state index contributed by atoms with van der Waals surface area (Å²) in [5, 5.41) is 0. The highest BCUT2D eigenvalue weighted by Crippen LogP contribution is 2.42. The van der Waals surface area contributed by atoms with Gasteiger partial charge in [-0.05, 0) is 56.5 Å². The Labute approximate surface area is 95.2 Å². The van der Waals surface area contributed by atoms with Crippen LogP contribution in [0.3, 0.4) is 0 Å². The standard InChI is InChI=1S/C14H27N/c1-14(2,3)8-7-12-11-13(12)15-9-5-4-6-10-15/h12-13H,4-11H2,1-3H3/t12?,13-/m0/s1. The molecule has 0 bridgehead atoms. The molecule has 0 aromatic rings. The molecule has 0 spiro atoms. The van der Waals surface area contributed by atoms with Gasteiger partial charge in [-0.25, -0.2) is 0 Å². The van der Waals surface area contributed by atoms with Gasteiger partial charge in [0, 0.05) is 6.04 Å². The molecule has 0 amide bonds. The number of hydrogen-bond donors (Lipinski definition) is 0. The number of hydrogen-bond acceptors (Lipinski definition) is 1. The van der Waals surface area contributed by atoms with Crippen molar-refractivity contribution in [3.8, 4) is 0 Å². The van der Waals surface area contributed by atoms with Crippen LogP contribution < -0.4 is 0 Å². The van der Waals surface area contributed by atoms with Gasteiger partial charge < -0.3 is 4.90 Å². The molecular weight excluding hydrogens is 182 g/mol. The molecule has 1 heterocycles. The van der Waals surface area contributed by atoms with Crippen molar-refractivity contribution in [1.82, 2.24) is 4.90 Å². The molecule has 1 unspecified atom stereocenters. The summed E-state index contributed by atoms with van der Waals surface area (Å²) in [4.78, 5) is 2.76. The topological polar surface area (TPSA) is 3.24 Å². The average Bonchev–Trinajstić information content (AvgIpc) is 2.94. The highest BCUT2D eigenvalue weighted by atomic mass is 15.2. The van der Waals surface area contributed by atoms with Crippen molar-refractivity contribution in [2.75, 3.05) is 13.1 Å². The molecule has 1 aliphatic heterocycles. The van der Waals surface area contributed by atoms with Crippen LogP contribution in [-0.2, 0) is 0 Å². The Balaban J connectivity index is 1.67. The van der Waals surface area contributed by atoms with Crippen LogP contribution >= 0.6 is 0 Å². The average molecular weight is 209 g/mol. The molecule has 1 aliphatic carbocycles. The molecule has 2 aliphatic rings. The number of piperidine rings is 1. The van der Waals surface area contributed by atoms with Crippen LogP contribution in [-0.4, -0.2) is 24.0 Å². The molecule has 1 nitrogen and oxygen atoms in total. The number of nitrogens with zero attached hydrogens (tertiary/aromatic N) is 1. The minimum Gasteiger partial charge on any atom is -0.300 e. The molecule has 0 aromatic carbocycles. The Morgan fingerprint density at radius 1 is 1.07 bits per heavy atom. The van der Waals surface area contributed by atoms with Gasteiger partial charge in [-0.1, -0.05) is 27.2 Å². The maximum atomic E-state index is 2.76. The Bertz CT molecular complexity index is 198. The first-order valence-corrected chi connectivity index (χ1v) is 6.80. The van der Waals surface area contributed by atoms with Gasteiger partial charge >= 0.3 is 0 Å². The minimum absolute atomic E-state index is 0.537. The second-order valence-corrected chi connectivity index (χ2v) is 6.76. The lowest BCUT2D eigenvalue weighted by Gasteiger charge is -2.27. The van der Waals surface area contributed by atoms with Crippen LogP contribution in [0, 0.1) is 11.3 Å². The third-order valence-corrected chi connectivity index (χ3v) is 4.01. The molecule has 2 fully saturated rings. The van der Waals surface area contributed by atoms with Gasteiger partial charge in [0.1, 0.15) is 0 Å². The van der Waals surface area contributed by atoms with Crippen LogP contribution in [0.15, 0.2) is 0 Å². The molecule has 0 aromatic heterocycles. The zero-order valence-electron chi connectivity index (χ0n) is 10.8. The second kappa shape index (κ2) is 4.45. The van der Waals surface area contributed by atoms with Crippen molar-refractivity contribution in [3.05, 3.63) is 0 Å². The highest BCUT2D eigenvalue weighted by molar-refractivity contribution is 4.96. The summed E-state index contributed by atoms with van der Waals surface area (Å²) in [5.74, 6) is 1.04. The molecule has 88 valence electrons. The Morgan fingerprint density at radius 2 is 1.73 bits per heavy atom. The van der Waals surface area contributed by atoms with E-state index in [1.165, 1.54) is 51.6 Å². The summed E-state index contributed by atoms with van der Waals surface area (Å²) in [5.41, 5.74) is 0.537. The van der Waals surface area contributed by atoms with Crippen molar-refractivity contribution >= 4 is 0 Å². The van der Waals surface area contributed by atoms with E-state index in [4.69, 9.17) is 0 Å². The lowest BCUT2D eigenvalue weighted by Crippen LogP contribution is -2.32. The Hall–Kier alpha value is -0.0400. The van der Waals surface area contributed by atoms with E-state index in [1.807, 2.05) is 0 Å². The monoisotopic (exact) mass is 209 g/mol. The zero-order valence-corrected chi connectivity index (χ0v) is 10.8. The van der Waals surface area contributed by atoms with Gasteiger partial charge in [0.2, 0.25) is 0 Å². The van der Waals surface area contributed by atoms with Crippen molar-refractivity contribution in [2.24, 2.45) is 11.3 Å². The van der Waals surface area contributed by atoms with Gasteiger partial charge in [0.25, 0.3) is 0 Å². The highest BCUT2D eigenvalue weighted by Gasteiger charge is 2.41. The van der Waals surface area contributed by atoms with Crippen molar-refractivity contribution in [1.29, 1.82) is 0 Å². The molecular formula is C14H27N. The first-order valence-electron chi connectivity index (χ1n) is 6.80. The van der Waals surface area contributed by atoms with E-state index in [9.17, 15) is 0 Å². The molecule has 2 atom stereocenters. The van der Waals surface area contributed by atoms with Crippen molar-refractivity contribution in [2.45, 2.75) is 65.3 Å². The molecule has 1 saturated heterocycles. The van der Waals surface area contributed by atoms with Crippen LogP contribution in [0.4, 0.5) is 0 Å². The zero-order chi connectivity index (χ0) is 10.9. The number of rotatable bonds is 3. The van der Waals surface area contributed by atoms with E-state index in [0.717, 1.165) is 12.0 Å². The Morgan fingerprint density at radius 3 is 2.33 bits per heavy atom. The van der Waals surface area contributed by atoms with Gasteiger partial charge in [-0.15, -0.1) is 0 Å². The van der Waals surface area contributed by atoms with Gasteiger partial charge in [-0.3, -0.25) is 0 Å². The quantitative estimate of drug-likeness (QED) is 0.685. The van der Waals surface area contributed by atoms with Gasteiger partial charge in [-0.2, -0.15) is 0 Å². The lowest BCUT2D eigenvalue weighted by atomic mass is 9.89. The molecule has 0 radical (unpaired) electrons. The molecule has 1 saturated carbocycles. The summed E-state index contributed by atoms with van der Waals surface area (Å²) in [7, 11) is 0. The molecule has 15 heavy (non-hydrogen) atoms. The molecule has 2 rings (SSSR count). The van der Waals surface area contributed by atoms with Crippen molar-refractivity contribution in [3.63, 3.8) is 0 Å². The van der Waals surface area contributed by atoms with Crippen LogP contribution in [0.5, 0.6) is 0 Å². The van der Waals surface area contributed by atoms with E-state index in [0.29, 0.717) is 5.41 Å². The van der Waals surface area contributed by atoms with E-state index in [-0.39, 0.29) is 0 Å². The molecule has 1 heteroatoms. The Kier molecular flexibility index (Phi) is 3.39. The predicted octanol–water partition coefficient (Wildman–Crippen LogP) is 3.69. The first-order chi connectivity index (χ1) is 7.06. The maximum absolute atomic E-state index is 2.76. The minimum atomic E-state index is 0.537. The summed E-state index contributed by atoms with van der Waals surface area (Å²) in [6, 6.07) is 0.979. The maximum Gasteiger partial charge on any atom is 0.0127 e. The van der Waals surface area contributed by atoms with Gasteiger partial charge in [0.05, 0.1) is 0 Å². The summed E-state index contributed by atoms with van der Waals surface area (Å²) in [6.07, 6.45) is 8.73. The fraction of sp³-hybridized carbons (Fsp3) is 1.00. The SMILES string of the molecule is CC(C)(C)CCC1C[C@@H]1N1CCCCC1. The number of likely N-dealkylation sites (tertiary alicyclic amines) is 1. The lowest BCUT2D eigenvalue weighted by molar-refractivity contribution is 0.205. The van der Waals surface area contributed by atoms with Gasteiger partial charge in [0.15, 0.2) is 0 Å². The van der Waals surface area contributed by atoms with E-state index in [1.54, 1.807) is 0 Å². The first kappa shape index (κ1) is 11.4. The fourth-order valence-corrected chi connectivity index (χ4v) is 2.86. The summed E-state index contributed by atoms with van der Waals surface area (Å²) < 4.78 is 0. The second-order valence-electron chi connectivity index (χ2n) is 6.76. The third-order valence-electron chi connectivity index (χ3n) is 4.01.